The maximum atomic E-state index is 11.2. The number of rotatable bonds is 4. The topological polar surface area (TPSA) is 93.1 Å². The van der Waals surface area contributed by atoms with Gasteiger partial charge in [0, 0.05) is 12.2 Å². The summed E-state index contributed by atoms with van der Waals surface area (Å²) in [7, 11) is 0. The summed E-state index contributed by atoms with van der Waals surface area (Å²) in [6.45, 7) is 3.56. The van der Waals surface area contributed by atoms with Crippen LogP contribution in [0.25, 0.3) is 0 Å². The maximum Gasteiger partial charge on any atom is 0.261 e. The van der Waals surface area contributed by atoms with E-state index in [1.807, 2.05) is 0 Å². The first kappa shape index (κ1) is 12.5. The minimum absolute atomic E-state index is 0.195. The van der Waals surface area contributed by atoms with Crippen LogP contribution in [-0.2, 0) is 19.1 Å². The molecule has 2 N–H and O–H groups in total. The third-order valence-electron chi connectivity index (χ3n) is 2.64. The first-order valence-electron chi connectivity index (χ1n) is 5.34. The summed E-state index contributed by atoms with van der Waals surface area (Å²) >= 11 is 0. The van der Waals surface area contributed by atoms with E-state index in [1.54, 1.807) is 6.08 Å². The molecule has 0 spiro atoms. The molecule has 2 unspecified atom stereocenters. The predicted molar refractivity (Wildman–Crippen MR) is 58.7 cm³/mol. The van der Waals surface area contributed by atoms with Gasteiger partial charge in [-0.3, -0.25) is 9.59 Å². The van der Waals surface area contributed by atoms with Crippen molar-refractivity contribution in [2.75, 3.05) is 0 Å². The van der Waals surface area contributed by atoms with Crippen molar-refractivity contribution in [3.63, 3.8) is 0 Å². The van der Waals surface area contributed by atoms with E-state index in [4.69, 9.17) is 9.47 Å². The van der Waals surface area contributed by atoms with Gasteiger partial charge >= 0.3 is 0 Å². The Kier molecular flexibility index (Phi) is 3.31. The summed E-state index contributed by atoms with van der Waals surface area (Å²) < 4.78 is 9.95. The fraction of sp³-hybridized carbons (Fsp3) is 0.333. The molecule has 0 fully saturated rings. The van der Waals surface area contributed by atoms with Gasteiger partial charge < -0.3 is 19.7 Å². The van der Waals surface area contributed by atoms with Crippen molar-refractivity contribution in [1.82, 2.24) is 0 Å². The van der Waals surface area contributed by atoms with Gasteiger partial charge in [-0.25, -0.2) is 0 Å². The molecule has 6 heteroatoms. The lowest BCUT2D eigenvalue weighted by Gasteiger charge is -2.18. The van der Waals surface area contributed by atoms with Crippen LogP contribution in [0.3, 0.4) is 0 Å². The normalized spacial score (nSPS) is 28.3. The smallest absolute Gasteiger partial charge is 0.261 e. The average Bonchev–Trinajstić information content (AvgIpc) is 2.81. The summed E-state index contributed by atoms with van der Waals surface area (Å²) in [4.78, 5) is 22.4. The minimum Gasteiger partial charge on any atom is -0.461 e. The predicted octanol–water partition coefficient (Wildman–Crippen LogP) is -0.218. The Morgan fingerprint density at radius 2 is 1.61 bits per heavy atom. The van der Waals surface area contributed by atoms with E-state index in [0.717, 1.165) is 12.2 Å². The highest BCUT2D eigenvalue weighted by Gasteiger charge is 2.36. The molecule has 0 aromatic heterocycles. The molecule has 0 saturated carbocycles. The lowest BCUT2D eigenvalue weighted by atomic mass is 10.00. The summed E-state index contributed by atoms with van der Waals surface area (Å²) in [5, 5.41) is 18.4. The standard InChI is InChI=1S/C12H12O6/c1-2-3-6(9-4-7(13)11(15)17-9)10-5-8(14)12(16)18-10/h2,4-6,11-12,15-16H,1,3H2. The van der Waals surface area contributed by atoms with E-state index in [2.05, 4.69) is 6.58 Å². The van der Waals surface area contributed by atoms with Gasteiger partial charge in [-0.1, -0.05) is 6.08 Å². The number of aliphatic hydroxyl groups is 2. The first-order valence-corrected chi connectivity index (χ1v) is 5.34. The number of ether oxygens (including phenoxy) is 2. The molecule has 2 aliphatic rings. The minimum atomic E-state index is -1.52. The quantitative estimate of drug-likeness (QED) is 0.672. The van der Waals surface area contributed by atoms with Crippen LogP contribution >= 0.6 is 0 Å². The van der Waals surface area contributed by atoms with Crippen molar-refractivity contribution in [1.29, 1.82) is 0 Å². The molecular formula is C12H12O6. The summed E-state index contributed by atoms with van der Waals surface area (Å²) in [6, 6.07) is 0. The van der Waals surface area contributed by atoms with Crippen molar-refractivity contribution in [3.05, 3.63) is 36.3 Å². The van der Waals surface area contributed by atoms with Crippen molar-refractivity contribution in [2.45, 2.75) is 19.0 Å². The summed E-state index contributed by atoms with van der Waals surface area (Å²) in [6.07, 6.45) is 1.17. The van der Waals surface area contributed by atoms with Gasteiger partial charge in [0.1, 0.15) is 11.5 Å². The monoisotopic (exact) mass is 252 g/mol. The van der Waals surface area contributed by atoms with Gasteiger partial charge in [0.25, 0.3) is 12.6 Å². The van der Waals surface area contributed by atoms with Gasteiger partial charge in [-0.05, 0) is 6.42 Å². The van der Waals surface area contributed by atoms with E-state index < -0.39 is 30.1 Å². The van der Waals surface area contributed by atoms with Crippen LogP contribution < -0.4 is 0 Å². The SMILES string of the molecule is C=CCC(C1=CC(=O)C(O)O1)C1=CC(=O)C(O)O1. The molecule has 18 heavy (non-hydrogen) atoms. The fourth-order valence-electron chi connectivity index (χ4n) is 1.77. The van der Waals surface area contributed by atoms with Gasteiger partial charge in [-0.15, -0.1) is 6.58 Å². The Hall–Kier alpha value is -1.92. The number of hydrogen-bond acceptors (Lipinski definition) is 6. The van der Waals surface area contributed by atoms with Crippen LogP contribution in [0.4, 0.5) is 0 Å². The molecule has 96 valence electrons. The molecule has 0 aliphatic carbocycles. The number of hydrogen-bond donors (Lipinski definition) is 2. The lowest BCUT2D eigenvalue weighted by molar-refractivity contribution is -0.140. The van der Waals surface area contributed by atoms with Crippen molar-refractivity contribution in [2.24, 2.45) is 5.92 Å². The molecule has 2 rings (SSSR count). The Morgan fingerprint density at radius 3 is 1.89 bits per heavy atom. The Labute approximate surface area is 103 Å². The molecule has 0 aromatic rings. The molecule has 0 aromatic carbocycles. The number of carbonyl (C=O) groups excluding carboxylic acids is 2. The second-order valence-corrected chi connectivity index (χ2v) is 3.92. The van der Waals surface area contributed by atoms with E-state index >= 15 is 0 Å². The highest BCUT2D eigenvalue weighted by atomic mass is 16.6. The highest BCUT2D eigenvalue weighted by Crippen LogP contribution is 2.33. The highest BCUT2D eigenvalue weighted by molar-refractivity contribution is 5.96. The van der Waals surface area contributed by atoms with Crippen LogP contribution in [0, 0.1) is 5.92 Å². The van der Waals surface area contributed by atoms with E-state index in [9.17, 15) is 19.8 Å². The largest absolute Gasteiger partial charge is 0.461 e. The van der Waals surface area contributed by atoms with E-state index in [0.29, 0.717) is 6.42 Å². The van der Waals surface area contributed by atoms with Gasteiger partial charge in [0.15, 0.2) is 0 Å². The summed E-state index contributed by atoms with van der Waals surface area (Å²) in [5.74, 6) is -1.29. The molecule has 0 amide bonds. The van der Waals surface area contributed by atoms with Crippen LogP contribution in [-0.4, -0.2) is 34.4 Å². The first-order chi connectivity index (χ1) is 8.52. The van der Waals surface area contributed by atoms with Gasteiger partial charge in [0.05, 0.1) is 5.92 Å². The molecule has 0 radical (unpaired) electrons. The van der Waals surface area contributed by atoms with E-state index in [-0.39, 0.29) is 11.5 Å². The fourth-order valence-corrected chi connectivity index (χ4v) is 1.77. The number of carbonyl (C=O) groups is 2. The second-order valence-electron chi connectivity index (χ2n) is 3.92. The molecule has 0 bridgehead atoms. The zero-order valence-electron chi connectivity index (χ0n) is 9.41. The van der Waals surface area contributed by atoms with Crippen molar-refractivity contribution in [3.8, 4) is 0 Å². The Balaban J connectivity index is 2.23. The molecule has 0 saturated heterocycles. The maximum absolute atomic E-state index is 11.2. The van der Waals surface area contributed by atoms with Crippen LogP contribution in [0.2, 0.25) is 0 Å². The van der Waals surface area contributed by atoms with Crippen molar-refractivity contribution < 1.29 is 29.3 Å². The molecule has 6 nitrogen and oxygen atoms in total. The Bertz CT molecular complexity index is 423. The third kappa shape index (κ3) is 2.20. The zero-order chi connectivity index (χ0) is 13.3. The molecule has 2 aliphatic heterocycles. The molecular weight excluding hydrogens is 240 g/mol. The van der Waals surface area contributed by atoms with Crippen LogP contribution in [0.1, 0.15) is 6.42 Å². The lowest BCUT2D eigenvalue weighted by Crippen LogP contribution is -2.18. The third-order valence-corrected chi connectivity index (χ3v) is 2.64. The average molecular weight is 252 g/mol. The number of aliphatic hydroxyl groups excluding tert-OH is 2. The van der Waals surface area contributed by atoms with Gasteiger partial charge in [-0.2, -0.15) is 0 Å². The van der Waals surface area contributed by atoms with Crippen molar-refractivity contribution >= 4 is 11.6 Å². The zero-order valence-corrected chi connectivity index (χ0v) is 9.41. The van der Waals surface area contributed by atoms with Crippen LogP contribution in [0.15, 0.2) is 36.3 Å². The van der Waals surface area contributed by atoms with Crippen LogP contribution in [0.5, 0.6) is 0 Å². The Morgan fingerprint density at radius 1 is 1.17 bits per heavy atom. The van der Waals surface area contributed by atoms with E-state index in [1.165, 1.54) is 0 Å². The number of allylic oxidation sites excluding steroid dienone is 1. The second kappa shape index (κ2) is 4.75. The number of ketones is 2. The summed E-state index contributed by atoms with van der Waals surface area (Å²) in [5.41, 5.74) is 0. The molecule has 2 heterocycles. The van der Waals surface area contributed by atoms with Gasteiger partial charge in [0.2, 0.25) is 11.6 Å². The molecule has 2 atom stereocenters.